The molecule has 0 bridgehead atoms. The van der Waals surface area contributed by atoms with Crippen LogP contribution in [0.4, 0.5) is 0 Å². The third kappa shape index (κ3) is 1.30. The van der Waals surface area contributed by atoms with Crippen molar-refractivity contribution in [1.82, 2.24) is 4.57 Å². The summed E-state index contributed by atoms with van der Waals surface area (Å²) < 4.78 is 2.05. The minimum Gasteiger partial charge on any atom is -0.344 e. The fourth-order valence-corrected chi connectivity index (χ4v) is 2.07. The van der Waals surface area contributed by atoms with Gasteiger partial charge in [0.1, 0.15) is 0 Å². The molecule has 0 radical (unpaired) electrons. The third-order valence-corrected chi connectivity index (χ3v) is 2.87. The first-order valence-electron chi connectivity index (χ1n) is 5.13. The average Bonchev–Trinajstić information content (AvgIpc) is 2.83. The van der Waals surface area contributed by atoms with Crippen molar-refractivity contribution in [3.63, 3.8) is 0 Å². The number of Topliss-reactive ketones (excluding diaryl/α,β-unsaturated/α-hetero) is 1. The molecule has 0 saturated heterocycles. The van der Waals surface area contributed by atoms with E-state index in [0.29, 0.717) is 6.42 Å². The molecule has 2 aromatic rings. The zero-order valence-corrected chi connectivity index (χ0v) is 8.31. The van der Waals surface area contributed by atoms with Gasteiger partial charge in [-0.15, -0.1) is 0 Å². The van der Waals surface area contributed by atoms with Crippen LogP contribution in [0, 0.1) is 0 Å². The summed E-state index contributed by atoms with van der Waals surface area (Å²) in [6, 6.07) is 12.1. The molecule has 2 heterocycles. The highest BCUT2D eigenvalue weighted by Crippen LogP contribution is 2.25. The number of carbonyl (C=O) groups excluding carboxylic acids is 1. The number of nitrogens with zero attached hydrogens (tertiary/aromatic N) is 1. The summed E-state index contributed by atoms with van der Waals surface area (Å²) in [6.07, 6.45) is 2.72. The number of fused-ring (bicyclic) bond motifs is 1. The lowest BCUT2D eigenvalue weighted by Gasteiger charge is -1.96. The van der Waals surface area contributed by atoms with Crippen molar-refractivity contribution >= 4 is 5.78 Å². The standard InChI is InChI=1S/C13H11NO/c15-13-6-7-14-9-11(8-12(13)14)10-4-2-1-3-5-10/h1-5,8-9H,6-7H2. The first-order chi connectivity index (χ1) is 7.34. The van der Waals surface area contributed by atoms with Gasteiger partial charge in [0.25, 0.3) is 0 Å². The quantitative estimate of drug-likeness (QED) is 0.689. The van der Waals surface area contributed by atoms with Crippen LogP contribution >= 0.6 is 0 Å². The molecule has 0 amide bonds. The molecule has 2 nitrogen and oxygen atoms in total. The molecule has 0 fully saturated rings. The highest BCUT2D eigenvalue weighted by molar-refractivity contribution is 5.97. The molecule has 2 heteroatoms. The van der Waals surface area contributed by atoms with Crippen molar-refractivity contribution in [1.29, 1.82) is 0 Å². The number of ketones is 1. The zero-order chi connectivity index (χ0) is 10.3. The van der Waals surface area contributed by atoms with E-state index in [1.165, 1.54) is 5.56 Å². The lowest BCUT2D eigenvalue weighted by Crippen LogP contribution is -1.89. The lowest BCUT2D eigenvalue weighted by molar-refractivity contribution is 0.0994. The Balaban J connectivity index is 2.09. The van der Waals surface area contributed by atoms with Crippen molar-refractivity contribution in [2.45, 2.75) is 13.0 Å². The maximum absolute atomic E-state index is 11.5. The number of aryl methyl sites for hydroxylation is 1. The predicted octanol–water partition coefficient (Wildman–Crippen LogP) is 2.74. The Hall–Kier alpha value is -1.83. The molecule has 0 atom stereocenters. The molecule has 1 aliphatic heterocycles. The summed E-state index contributed by atoms with van der Waals surface area (Å²) >= 11 is 0. The molecule has 74 valence electrons. The zero-order valence-electron chi connectivity index (χ0n) is 8.31. The molecule has 1 aromatic carbocycles. The van der Waals surface area contributed by atoms with E-state index in [4.69, 9.17) is 0 Å². The highest BCUT2D eigenvalue weighted by Gasteiger charge is 2.20. The van der Waals surface area contributed by atoms with Gasteiger partial charge in [0.05, 0.1) is 5.69 Å². The van der Waals surface area contributed by atoms with E-state index in [1.54, 1.807) is 0 Å². The minimum atomic E-state index is 0.261. The van der Waals surface area contributed by atoms with Gasteiger partial charge in [-0.3, -0.25) is 4.79 Å². The summed E-state index contributed by atoms with van der Waals surface area (Å²) in [4.78, 5) is 11.5. The fraction of sp³-hybridized carbons (Fsp3) is 0.154. The number of aromatic nitrogens is 1. The molecule has 0 saturated carbocycles. The number of carbonyl (C=O) groups is 1. The van der Waals surface area contributed by atoms with Gasteiger partial charge < -0.3 is 4.57 Å². The molecule has 0 N–H and O–H groups in total. The van der Waals surface area contributed by atoms with Gasteiger partial charge in [-0.1, -0.05) is 30.3 Å². The second-order valence-electron chi connectivity index (χ2n) is 3.85. The van der Waals surface area contributed by atoms with Gasteiger partial charge in [-0.25, -0.2) is 0 Å². The maximum atomic E-state index is 11.5. The van der Waals surface area contributed by atoms with Crippen molar-refractivity contribution in [3.8, 4) is 11.1 Å². The molecular weight excluding hydrogens is 186 g/mol. The van der Waals surface area contributed by atoms with Crippen molar-refractivity contribution in [2.75, 3.05) is 0 Å². The summed E-state index contributed by atoms with van der Waals surface area (Å²) in [7, 11) is 0. The molecule has 1 aliphatic rings. The number of hydrogen-bond acceptors (Lipinski definition) is 1. The number of hydrogen-bond donors (Lipinski definition) is 0. The Kier molecular flexibility index (Phi) is 1.75. The Morgan fingerprint density at radius 2 is 1.87 bits per heavy atom. The van der Waals surface area contributed by atoms with Crippen LogP contribution in [0.25, 0.3) is 11.1 Å². The van der Waals surface area contributed by atoms with Crippen molar-refractivity contribution < 1.29 is 4.79 Å². The van der Waals surface area contributed by atoms with E-state index in [0.717, 1.165) is 17.8 Å². The SMILES string of the molecule is O=C1CCn2cc(-c3ccccc3)cc21. The monoisotopic (exact) mass is 197 g/mol. The van der Waals surface area contributed by atoms with E-state index in [2.05, 4.69) is 18.3 Å². The first kappa shape index (κ1) is 8.48. The van der Waals surface area contributed by atoms with Gasteiger partial charge in [-0.2, -0.15) is 0 Å². The second kappa shape index (κ2) is 3.09. The summed E-state index contributed by atoms with van der Waals surface area (Å²) in [6.45, 7) is 0.834. The number of benzene rings is 1. The highest BCUT2D eigenvalue weighted by atomic mass is 16.1. The minimum absolute atomic E-state index is 0.261. The average molecular weight is 197 g/mol. The van der Waals surface area contributed by atoms with Crippen LogP contribution in [0.5, 0.6) is 0 Å². The number of rotatable bonds is 1. The first-order valence-corrected chi connectivity index (χ1v) is 5.13. The Labute approximate surface area is 88.2 Å². The third-order valence-electron chi connectivity index (χ3n) is 2.87. The molecule has 0 spiro atoms. The summed E-state index contributed by atoms with van der Waals surface area (Å²) in [5.74, 6) is 0.261. The van der Waals surface area contributed by atoms with E-state index in [-0.39, 0.29) is 5.78 Å². The molecular formula is C13H11NO. The van der Waals surface area contributed by atoms with Gasteiger partial charge >= 0.3 is 0 Å². The summed E-state index contributed by atoms with van der Waals surface area (Å²) in [5, 5.41) is 0. The van der Waals surface area contributed by atoms with Gasteiger partial charge in [0, 0.05) is 24.7 Å². The van der Waals surface area contributed by atoms with E-state index in [9.17, 15) is 4.79 Å². The van der Waals surface area contributed by atoms with Gasteiger partial charge in [0.2, 0.25) is 0 Å². The van der Waals surface area contributed by atoms with Crippen LogP contribution in [0.1, 0.15) is 16.9 Å². The van der Waals surface area contributed by atoms with Gasteiger partial charge in [0.15, 0.2) is 5.78 Å². The van der Waals surface area contributed by atoms with Crippen LogP contribution in [0.15, 0.2) is 42.6 Å². The van der Waals surface area contributed by atoms with Gasteiger partial charge in [-0.05, 0) is 11.6 Å². The van der Waals surface area contributed by atoms with Crippen LogP contribution < -0.4 is 0 Å². The Bertz CT molecular complexity index is 511. The summed E-state index contributed by atoms with van der Waals surface area (Å²) in [5.41, 5.74) is 3.17. The van der Waals surface area contributed by atoms with E-state index < -0.39 is 0 Å². The van der Waals surface area contributed by atoms with Crippen molar-refractivity contribution in [3.05, 3.63) is 48.3 Å². The molecule has 1 aromatic heterocycles. The smallest absolute Gasteiger partial charge is 0.181 e. The maximum Gasteiger partial charge on any atom is 0.181 e. The second-order valence-corrected chi connectivity index (χ2v) is 3.85. The van der Waals surface area contributed by atoms with Crippen LogP contribution in [-0.4, -0.2) is 10.4 Å². The van der Waals surface area contributed by atoms with E-state index >= 15 is 0 Å². The van der Waals surface area contributed by atoms with Crippen molar-refractivity contribution in [2.24, 2.45) is 0 Å². The molecule has 0 aliphatic carbocycles. The lowest BCUT2D eigenvalue weighted by atomic mass is 10.1. The van der Waals surface area contributed by atoms with E-state index in [1.807, 2.05) is 28.8 Å². The van der Waals surface area contributed by atoms with Crippen LogP contribution in [-0.2, 0) is 6.54 Å². The fourth-order valence-electron chi connectivity index (χ4n) is 2.07. The molecule has 0 unspecified atom stereocenters. The Morgan fingerprint density at radius 3 is 2.60 bits per heavy atom. The molecule has 3 rings (SSSR count). The van der Waals surface area contributed by atoms with Crippen LogP contribution in [0.3, 0.4) is 0 Å². The normalized spacial score (nSPS) is 14.3. The molecule has 15 heavy (non-hydrogen) atoms. The Morgan fingerprint density at radius 1 is 1.07 bits per heavy atom. The predicted molar refractivity (Wildman–Crippen MR) is 58.8 cm³/mol. The topological polar surface area (TPSA) is 22.0 Å². The van der Waals surface area contributed by atoms with Crippen LogP contribution in [0.2, 0.25) is 0 Å². The largest absolute Gasteiger partial charge is 0.344 e.